The summed E-state index contributed by atoms with van der Waals surface area (Å²) in [6.07, 6.45) is 0.963. The minimum atomic E-state index is 0.757. The molecule has 0 aliphatic rings. The highest BCUT2D eigenvalue weighted by atomic mass is 32.1. The molecule has 0 saturated heterocycles. The molecule has 1 heterocycles. The lowest BCUT2D eigenvalue weighted by molar-refractivity contribution is 0.797. The third-order valence-electron chi connectivity index (χ3n) is 4.16. The molecule has 0 aliphatic carbocycles. The van der Waals surface area contributed by atoms with Gasteiger partial charge in [-0.1, -0.05) is 42.5 Å². The number of aryl methyl sites for hydroxylation is 2. The van der Waals surface area contributed by atoms with Crippen molar-refractivity contribution in [3.8, 4) is 0 Å². The van der Waals surface area contributed by atoms with Crippen LogP contribution >= 0.6 is 11.3 Å². The van der Waals surface area contributed by atoms with Gasteiger partial charge in [0.1, 0.15) is 0 Å². The maximum atomic E-state index is 4.46. The molecule has 0 fully saturated rings. The summed E-state index contributed by atoms with van der Waals surface area (Å²) in [4.78, 5) is 10.0. The van der Waals surface area contributed by atoms with E-state index in [-0.39, 0.29) is 0 Å². The van der Waals surface area contributed by atoms with Gasteiger partial charge in [0.25, 0.3) is 0 Å². The van der Waals surface area contributed by atoms with Crippen molar-refractivity contribution in [3.63, 3.8) is 0 Å². The van der Waals surface area contributed by atoms with Gasteiger partial charge >= 0.3 is 0 Å². The smallest absolute Gasteiger partial charge is 0.191 e. The average Bonchev–Trinajstić information content (AvgIpc) is 2.95. The number of thiazole rings is 1. The number of benzene rings is 2. The third kappa shape index (κ3) is 4.57. The quantitative estimate of drug-likeness (QED) is 0.542. The number of aliphatic imine (C=N–C) groups is 1. The Balaban J connectivity index is 1.51. The van der Waals surface area contributed by atoms with Crippen molar-refractivity contribution in [2.24, 2.45) is 4.99 Å². The molecule has 0 atom stereocenters. The number of nitrogens with one attached hydrogen (secondary N) is 2. The van der Waals surface area contributed by atoms with Gasteiger partial charge in [0.05, 0.1) is 17.2 Å². The molecule has 0 saturated carbocycles. The first kappa shape index (κ1) is 17.4. The molecule has 0 amide bonds. The highest BCUT2D eigenvalue weighted by Gasteiger charge is 2.05. The molecule has 3 rings (SSSR count). The van der Waals surface area contributed by atoms with Gasteiger partial charge in [-0.3, -0.25) is 4.99 Å². The zero-order valence-corrected chi connectivity index (χ0v) is 15.8. The van der Waals surface area contributed by atoms with Gasteiger partial charge < -0.3 is 10.6 Å². The summed E-state index contributed by atoms with van der Waals surface area (Å²) >= 11 is 1.73. The lowest BCUT2D eigenvalue weighted by atomic mass is 10.1. The Morgan fingerprint density at radius 3 is 2.60 bits per heavy atom. The second-order valence-corrected chi connectivity index (χ2v) is 7.31. The Morgan fingerprint density at radius 1 is 1.08 bits per heavy atom. The number of rotatable bonds is 5. The van der Waals surface area contributed by atoms with Crippen molar-refractivity contribution in [1.29, 1.82) is 0 Å². The van der Waals surface area contributed by atoms with Crippen LogP contribution in [0.1, 0.15) is 21.1 Å². The predicted octanol–water partition coefficient (Wildman–Crippen LogP) is 3.82. The minimum Gasteiger partial charge on any atom is -0.356 e. The number of hydrogen-bond acceptors (Lipinski definition) is 3. The highest BCUT2D eigenvalue weighted by Crippen LogP contribution is 2.17. The van der Waals surface area contributed by atoms with Gasteiger partial charge in [0.15, 0.2) is 5.96 Å². The Hall–Kier alpha value is -2.40. The van der Waals surface area contributed by atoms with E-state index in [1.165, 1.54) is 21.2 Å². The molecular formula is C20H24N4S. The Bertz CT molecular complexity index is 882. The number of aromatic nitrogens is 1. The van der Waals surface area contributed by atoms with Gasteiger partial charge in [-0.2, -0.15) is 0 Å². The first-order valence-corrected chi connectivity index (χ1v) is 9.32. The standard InChI is InChI=1S/C20H24N4S/c1-14-19(25-15(2)24-14)13-23-20(21-3)22-11-10-16-8-9-17-6-4-5-7-18(17)12-16/h4-9,12H,10-11,13H2,1-3H3,(H2,21,22,23). The fourth-order valence-electron chi connectivity index (χ4n) is 2.84. The van der Waals surface area contributed by atoms with E-state index < -0.39 is 0 Å². The van der Waals surface area contributed by atoms with Crippen LogP contribution in [0.2, 0.25) is 0 Å². The van der Waals surface area contributed by atoms with Crippen LogP contribution in [0.25, 0.3) is 10.8 Å². The largest absolute Gasteiger partial charge is 0.356 e. The van der Waals surface area contributed by atoms with Crippen LogP contribution in [-0.2, 0) is 13.0 Å². The lowest BCUT2D eigenvalue weighted by Crippen LogP contribution is -2.37. The topological polar surface area (TPSA) is 49.3 Å². The molecular weight excluding hydrogens is 328 g/mol. The molecule has 1 aromatic heterocycles. The van der Waals surface area contributed by atoms with Crippen molar-refractivity contribution >= 4 is 28.1 Å². The zero-order chi connectivity index (χ0) is 17.6. The van der Waals surface area contributed by atoms with E-state index in [0.29, 0.717) is 0 Å². The normalized spacial score (nSPS) is 11.7. The maximum Gasteiger partial charge on any atom is 0.191 e. The van der Waals surface area contributed by atoms with Crippen LogP contribution in [0.15, 0.2) is 47.5 Å². The van der Waals surface area contributed by atoms with Crippen LogP contribution in [0.5, 0.6) is 0 Å². The lowest BCUT2D eigenvalue weighted by Gasteiger charge is -2.11. The number of fused-ring (bicyclic) bond motifs is 1. The van der Waals surface area contributed by atoms with E-state index in [0.717, 1.165) is 36.2 Å². The van der Waals surface area contributed by atoms with E-state index in [4.69, 9.17) is 0 Å². The van der Waals surface area contributed by atoms with E-state index in [1.807, 2.05) is 6.92 Å². The van der Waals surface area contributed by atoms with Crippen molar-refractivity contribution in [3.05, 3.63) is 63.6 Å². The second kappa shape index (κ2) is 8.12. The summed E-state index contributed by atoms with van der Waals surface area (Å²) in [7, 11) is 1.80. The van der Waals surface area contributed by atoms with Crippen molar-refractivity contribution in [1.82, 2.24) is 15.6 Å². The number of hydrogen-bond donors (Lipinski definition) is 2. The number of nitrogens with zero attached hydrogens (tertiary/aromatic N) is 2. The minimum absolute atomic E-state index is 0.757. The second-order valence-electron chi connectivity index (χ2n) is 6.03. The van der Waals surface area contributed by atoms with Gasteiger partial charge in [0, 0.05) is 18.5 Å². The highest BCUT2D eigenvalue weighted by molar-refractivity contribution is 7.11. The molecule has 0 aliphatic heterocycles. The number of guanidine groups is 1. The van der Waals surface area contributed by atoms with Crippen LogP contribution in [0.4, 0.5) is 0 Å². The van der Waals surface area contributed by atoms with E-state index in [2.05, 4.69) is 70.0 Å². The Morgan fingerprint density at radius 2 is 1.88 bits per heavy atom. The van der Waals surface area contributed by atoms with Crippen molar-refractivity contribution < 1.29 is 0 Å². The summed E-state index contributed by atoms with van der Waals surface area (Å²) in [5.74, 6) is 0.825. The molecule has 4 nitrogen and oxygen atoms in total. The Labute approximate surface area is 153 Å². The maximum absolute atomic E-state index is 4.46. The fourth-order valence-corrected chi connectivity index (χ4v) is 3.72. The molecule has 0 bridgehead atoms. The van der Waals surface area contributed by atoms with Crippen molar-refractivity contribution in [2.75, 3.05) is 13.6 Å². The molecule has 5 heteroatoms. The van der Waals surface area contributed by atoms with Crippen molar-refractivity contribution in [2.45, 2.75) is 26.8 Å². The Kier molecular flexibility index (Phi) is 5.66. The molecule has 3 aromatic rings. The van der Waals surface area contributed by atoms with E-state index in [1.54, 1.807) is 18.4 Å². The van der Waals surface area contributed by atoms with Gasteiger partial charge in [0.2, 0.25) is 0 Å². The summed E-state index contributed by atoms with van der Waals surface area (Å²) in [5, 5.41) is 10.4. The first-order chi connectivity index (χ1) is 12.2. The molecule has 2 N–H and O–H groups in total. The van der Waals surface area contributed by atoms with Gasteiger partial charge in [-0.05, 0) is 36.6 Å². The summed E-state index contributed by atoms with van der Waals surface area (Å²) in [5.41, 5.74) is 2.43. The van der Waals surface area contributed by atoms with Gasteiger partial charge in [-0.15, -0.1) is 11.3 Å². The molecule has 0 unspecified atom stereocenters. The average molecular weight is 353 g/mol. The molecule has 2 aromatic carbocycles. The van der Waals surface area contributed by atoms with Crippen LogP contribution in [0, 0.1) is 13.8 Å². The molecule has 0 spiro atoms. The van der Waals surface area contributed by atoms with Crippen LogP contribution < -0.4 is 10.6 Å². The SMILES string of the molecule is CN=C(NCCc1ccc2ccccc2c1)NCc1sc(C)nc1C. The first-order valence-electron chi connectivity index (χ1n) is 8.51. The van der Waals surface area contributed by atoms with E-state index in [9.17, 15) is 0 Å². The molecule has 25 heavy (non-hydrogen) atoms. The molecule has 130 valence electrons. The summed E-state index contributed by atoms with van der Waals surface area (Å²) in [6, 6.07) is 15.1. The van der Waals surface area contributed by atoms with Crippen LogP contribution in [-0.4, -0.2) is 24.5 Å². The predicted molar refractivity (Wildman–Crippen MR) is 107 cm³/mol. The third-order valence-corrected chi connectivity index (χ3v) is 5.23. The van der Waals surface area contributed by atoms with Crippen LogP contribution in [0.3, 0.4) is 0 Å². The monoisotopic (exact) mass is 352 g/mol. The summed E-state index contributed by atoms with van der Waals surface area (Å²) in [6.45, 7) is 5.69. The summed E-state index contributed by atoms with van der Waals surface area (Å²) < 4.78 is 0. The van der Waals surface area contributed by atoms with Gasteiger partial charge in [-0.25, -0.2) is 4.98 Å². The molecule has 0 radical (unpaired) electrons. The fraction of sp³-hybridized carbons (Fsp3) is 0.300. The zero-order valence-electron chi connectivity index (χ0n) is 15.0. The van der Waals surface area contributed by atoms with E-state index >= 15 is 0 Å².